The molecule has 3 rings (SSSR count). The van der Waals surface area contributed by atoms with Crippen molar-refractivity contribution in [2.45, 2.75) is 37.7 Å². The third-order valence-corrected chi connectivity index (χ3v) is 5.39. The summed E-state index contributed by atoms with van der Waals surface area (Å²) in [5.41, 5.74) is 4.65. The van der Waals surface area contributed by atoms with Crippen LogP contribution in [0.1, 0.15) is 42.7 Å². The van der Waals surface area contributed by atoms with Crippen LogP contribution in [-0.4, -0.2) is 54.0 Å². The number of ether oxygens (including phenoxy) is 1. The SMILES string of the molecule is O=C(O)CC(O)CNC(=O)CCCCNC(=O)OCC1c2ccccc2-c2ccccc21. The summed E-state index contributed by atoms with van der Waals surface area (Å²) < 4.78 is 5.46. The predicted molar refractivity (Wildman–Crippen MR) is 118 cm³/mol. The van der Waals surface area contributed by atoms with Gasteiger partial charge in [-0.1, -0.05) is 48.5 Å². The summed E-state index contributed by atoms with van der Waals surface area (Å²) in [6.07, 6.45) is -0.643. The van der Waals surface area contributed by atoms with Crippen molar-refractivity contribution in [2.24, 2.45) is 0 Å². The number of benzene rings is 2. The largest absolute Gasteiger partial charge is 0.481 e. The maximum absolute atomic E-state index is 12.1. The number of carboxylic acids is 1. The van der Waals surface area contributed by atoms with Crippen molar-refractivity contribution < 1.29 is 29.3 Å². The van der Waals surface area contributed by atoms with Crippen LogP contribution in [0.15, 0.2) is 48.5 Å². The lowest BCUT2D eigenvalue weighted by Crippen LogP contribution is -2.33. The molecule has 1 unspecified atom stereocenters. The summed E-state index contributed by atoms with van der Waals surface area (Å²) >= 11 is 0. The van der Waals surface area contributed by atoms with E-state index in [1.807, 2.05) is 24.3 Å². The number of amides is 2. The standard InChI is InChI=1S/C24H28N2O6/c27-16(13-23(29)30)14-26-22(28)11-5-6-12-25-24(31)32-15-21-19-9-3-1-7-17(19)18-8-2-4-10-20(18)21/h1-4,7-10,16,21,27H,5-6,11-15H2,(H,25,31)(H,26,28)(H,29,30). The Kier molecular flexibility index (Phi) is 8.21. The highest BCUT2D eigenvalue weighted by atomic mass is 16.5. The number of carboxylic acid groups (broad SMARTS) is 1. The van der Waals surface area contributed by atoms with Gasteiger partial charge in [0.15, 0.2) is 0 Å². The third-order valence-electron chi connectivity index (χ3n) is 5.39. The van der Waals surface area contributed by atoms with Crippen molar-refractivity contribution in [2.75, 3.05) is 19.7 Å². The van der Waals surface area contributed by atoms with Crippen LogP contribution in [0.3, 0.4) is 0 Å². The zero-order valence-electron chi connectivity index (χ0n) is 17.8. The molecule has 32 heavy (non-hydrogen) atoms. The van der Waals surface area contributed by atoms with Gasteiger partial charge < -0.3 is 25.6 Å². The Labute approximate surface area is 186 Å². The van der Waals surface area contributed by atoms with E-state index in [2.05, 4.69) is 34.9 Å². The molecule has 0 heterocycles. The number of carbonyl (C=O) groups is 3. The first-order chi connectivity index (χ1) is 15.5. The molecule has 1 atom stereocenters. The van der Waals surface area contributed by atoms with Gasteiger partial charge >= 0.3 is 12.1 Å². The molecular formula is C24H28N2O6. The minimum Gasteiger partial charge on any atom is -0.481 e. The third kappa shape index (κ3) is 6.31. The molecule has 0 saturated carbocycles. The highest BCUT2D eigenvalue weighted by molar-refractivity contribution is 5.79. The van der Waals surface area contributed by atoms with Crippen molar-refractivity contribution in [1.82, 2.24) is 10.6 Å². The molecule has 2 aromatic rings. The van der Waals surface area contributed by atoms with Gasteiger partial charge in [0, 0.05) is 25.4 Å². The summed E-state index contributed by atoms with van der Waals surface area (Å²) in [7, 11) is 0. The topological polar surface area (TPSA) is 125 Å². The normalized spacial score (nSPS) is 13.0. The Morgan fingerprint density at radius 2 is 1.56 bits per heavy atom. The predicted octanol–water partition coefficient (Wildman–Crippen LogP) is 2.65. The molecular weight excluding hydrogens is 412 g/mol. The average Bonchev–Trinajstić information content (AvgIpc) is 3.09. The Bertz CT molecular complexity index is 916. The zero-order valence-corrected chi connectivity index (χ0v) is 17.8. The molecule has 170 valence electrons. The quantitative estimate of drug-likeness (QED) is 0.398. The highest BCUT2D eigenvalue weighted by Gasteiger charge is 2.28. The van der Waals surface area contributed by atoms with Crippen molar-refractivity contribution in [3.63, 3.8) is 0 Å². The Balaban J connectivity index is 1.33. The smallest absolute Gasteiger partial charge is 0.407 e. The first-order valence-electron chi connectivity index (χ1n) is 10.7. The molecule has 0 bridgehead atoms. The molecule has 0 aromatic heterocycles. The van der Waals surface area contributed by atoms with Gasteiger partial charge in [-0.2, -0.15) is 0 Å². The van der Waals surface area contributed by atoms with Crippen LogP contribution in [0, 0.1) is 0 Å². The summed E-state index contributed by atoms with van der Waals surface area (Å²) in [4.78, 5) is 34.3. The van der Waals surface area contributed by atoms with Crippen LogP contribution < -0.4 is 10.6 Å². The van der Waals surface area contributed by atoms with Crippen molar-refractivity contribution in [3.05, 3.63) is 59.7 Å². The van der Waals surface area contributed by atoms with Gasteiger partial charge in [-0.05, 0) is 35.1 Å². The minimum atomic E-state index is -1.12. The summed E-state index contributed by atoms with van der Waals surface area (Å²) in [5, 5.41) is 23.2. The van der Waals surface area contributed by atoms with Crippen molar-refractivity contribution >= 4 is 18.0 Å². The molecule has 0 aliphatic heterocycles. The van der Waals surface area contributed by atoms with Gasteiger partial charge in [0.1, 0.15) is 6.61 Å². The first kappa shape index (κ1) is 23.3. The molecule has 0 fully saturated rings. The van der Waals surface area contributed by atoms with E-state index in [1.54, 1.807) is 0 Å². The van der Waals surface area contributed by atoms with E-state index in [4.69, 9.17) is 9.84 Å². The lowest BCUT2D eigenvalue weighted by Gasteiger charge is -2.14. The van der Waals surface area contributed by atoms with Gasteiger partial charge in [-0.25, -0.2) is 4.79 Å². The number of hydrogen-bond acceptors (Lipinski definition) is 5. The Morgan fingerprint density at radius 1 is 0.938 bits per heavy atom. The molecule has 1 aliphatic rings. The van der Waals surface area contributed by atoms with E-state index in [1.165, 1.54) is 11.1 Å². The first-order valence-corrected chi connectivity index (χ1v) is 10.7. The minimum absolute atomic E-state index is 0.00771. The Hall–Kier alpha value is -3.39. The van der Waals surface area contributed by atoms with Crippen LogP contribution in [0.5, 0.6) is 0 Å². The van der Waals surface area contributed by atoms with Crippen LogP contribution in [0.25, 0.3) is 11.1 Å². The van der Waals surface area contributed by atoms with Crippen LogP contribution >= 0.6 is 0 Å². The number of rotatable bonds is 11. The van der Waals surface area contributed by atoms with Gasteiger partial charge in [-0.3, -0.25) is 9.59 Å². The molecule has 4 N–H and O–H groups in total. The number of nitrogens with one attached hydrogen (secondary N) is 2. The summed E-state index contributed by atoms with van der Waals surface area (Å²) in [5.74, 6) is -1.38. The molecule has 0 spiro atoms. The second-order valence-corrected chi connectivity index (χ2v) is 7.77. The summed E-state index contributed by atoms with van der Waals surface area (Å²) in [6.45, 7) is 0.537. The molecule has 0 saturated heterocycles. The second kappa shape index (κ2) is 11.3. The average molecular weight is 440 g/mol. The van der Waals surface area contributed by atoms with Crippen LogP contribution in [0.2, 0.25) is 0 Å². The number of aliphatic hydroxyl groups is 1. The maximum atomic E-state index is 12.1. The van der Waals surface area contributed by atoms with E-state index in [0.29, 0.717) is 19.4 Å². The molecule has 8 heteroatoms. The fraction of sp³-hybridized carbons (Fsp3) is 0.375. The number of unbranched alkanes of at least 4 members (excludes halogenated alkanes) is 1. The van der Waals surface area contributed by atoms with Gasteiger partial charge in [0.05, 0.1) is 12.5 Å². The lowest BCUT2D eigenvalue weighted by molar-refractivity contribution is -0.139. The number of alkyl carbamates (subject to hydrolysis) is 1. The monoisotopic (exact) mass is 440 g/mol. The van der Waals surface area contributed by atoms with Crippen LogP contribution in [0.4, 0.5) is 4.79 Å². The molecule has 2 amide bonds. The number of aliphatic carboxylic acids is 1. The number of aliphatic hydroxyl groups excluding tert-OH is 1. The number of carbonyl (C=O) groups excluding carboxylic acids is 2. The summed E-state index contributed by atoms with van der Waals surface area (Å²) in [6, 6.07) is 16.3. The van der Waals surface area contributed by atoms with Gasteiger partial charge in [0.25, 0.3) is 0 Å². The van der Waals surface area contributed by atoms with Crippen molar-refractivity contribution in [3.8, 4) is 11.1 Å². The molecule has 1 aliphatic carbocycles. The molecule has 0 radical (unpaired) electrons. The van der Waals surface area contributed by atoms with Gasteiger partial charge in [0.2, 0.25) is 5.91 Å². The molecule has 8 nitrogen and oxygen atoms in total. The second-order valence-electron chi connectivity index (χ2n) is 7.77. The van der Waals surface area contributed by atoms with E-state index in [9.17, 15) is 19.5 Å². The fourth-order valence-corrected chi connectivity index (χ4v) is 3.84. The number of fused-ring (bicyclic) bond motifs is 3. The lowest BCUT2D eigenvalue weighted by atomic mass is 9.98. The van der Waals surface area contributed by atoms with E-state index in [-0.39, 0.29) is 31.4 Å². The van der Waals surface area contributed by atoms with E-state index >= 15 is 0 Å². The molecule has 2 aromatic carbocycles. The number of hydrogen-bond donors (Lipinski definition) is 4. The van der Waals surface area contributed by atoms with Gasteiger partial charge in [-0.15, -0.1) is 0 Å². The van der Waals surface area contributed by atoms with Crippen LogP contribution in [-0.2, 0) is 14.3 Å². The van der Waals surface area contributed by atoms with Crippen molar-refractivity contribution in [1.29, 1.82) is 0 Å². The Morgan fingerprint density at radius 3 is 2.19 bits per heavy atom. The van der Waals surface area contributed by atoms with E-state index < -0.39 is 24.6 Å². The van der Waals surface area contributed by atoms with E-state index in [0.717, 1.165) is 11.1 Å². The zero-order chi connectivity index (χ0) is 22.9. The highest BCUT2D eigenvalue weighted by Crippen LogP contribution is 2.44. The maximum Gasteiger partial charge on any atom is 0.407 e. The fourth-order valence-electron chi connectivity index (χ4n) is 3.84.